The van der Waals surface area contributed by atoms with Crippen molar-refractivity contribution in [2.45, 2.75) is 19.9 Å². The number of aromatic nitrogens is 1. The Balaban J connectivity index is 1.91. The maximum Gasteiger partial charge on any atom is 0.192 e. The SMILES string of the molecule is Cc1nc2cc(Cc3cccc(CN)c3)ccc2o1. The smallest absolute Gasteiger partial charge is 0.192 e. The Hall–Kier alpha value is -2.13. The number of fused-ring (bicyclic) bond motifs is 1. The average molecular weight is 252 g/mol. The molecule has 1 aromatic heterocycles. The molecule has 0 aliphatic rings. The van der Waals surface area contributed by atoms with Gasteiger partial charge in [0.25, 0.3) is 0 Å². The molecule has 0 radical (unpaired) electrons. The second-order valence-corrected chi connectivity index (χ2v) is 4.74. The molecule has 19 heavy (non-hydrogen) atoms. The normalized spacial score (nSPS) is 11.1. The van der Waals surface area contributed by atoms with Gasteiger partial charge in [0.1, 0.15) is 5.52 Å². The van der Waals surface area contributed by atoms with Crippen LogP contribution in [-0.2, 0) is 13.0 Å². The summed E-state index contributed by atoms with van der Waals surface area (Å²) in [5.74, 6) is 0.706. The fourth-order valence-corrected chi connectivity index (χ4v) is 2.30. The van der Waals surface area contributed by atoms with Gasteiger partial charge in [0.15, 0.2) is 11.5 Å². The number of nitrogens with zero attached hydrogens (tertiary/aromatic N) is 1. The lowest BCUT2D eigenvalue weighted by Gasteiger charge is -2.04. The first-order chi connectivity index (χ1) is 9.24. The van der Waals surface area contributed by atoms with Crippen molar-refractivity contribution in [1.82, 2.24) is 4.98 Å². The summed E-state index contributed by atoms with van der Waals surface area (Å²) >= 11 is 0. The van der Waals surface area contributed by atoms with Gasteiger partial charge in [-0.2, -0.15) is 0 Å². The molecule has 3 rings (SSSR count). The number of aryl methyl sites for hydroxylation is 1. The van der Waals surface area contributed by atoms with Crippen LogP contribution in [0.2, 0.25) is 0 Å². The molecule has 0 aliphatic carbocycles. The second kappa shape index (κ2) is 4.86. The predicted molar refractivity (Wildman–Crippen MR) is 75.9 cm³/mol. The van der Waals surface area contributed by atoms with Crippen LogP contribution < -0.4 is 5.73 Å². The maximum absolute atomic E-state index is 5.67. The molecule has 3 heteroatoms. The van der Waals surface area contributed by atoms with E-state index >= 15 is 0 Å². The third-order valence-corrected chi connectivity index (χ3v) is 3.19. The molecule has 1 heterocycles. The highest BCUT2D eigenvalue weighted by molar-refractivity contribution is 5.73. The zero-order valence-electron chi connectivity index (χ0n) is 10.9. The Morgan fingerprint density at radius 2 is 1.84 bits per heavy atom. The van der Waals surface area contributed by atoms with Crippen molar-refractivity contribution >= 4 is 11.1 Å². The van der Waals surface area contributed by atoms with Crippen LogP contribution in [0.25, 0.3) is 11.1 Å². The first-order valence-corrected chi connectivity index (χ1v) is 6.38. The highest BCUT2D eigenvalue weighted by Gasteiger charge is 2.04. The van der Waals surface area contributed by atoms with Gasteiger partial charge in [0, 0.05) is 13.5 Å². The molecule has 0 saturated heterocycles. The topological polar surface area (TPSA) is 52.0 Å². The van der Waals surface area contributed by atoms with Crippen LogP contribution >= 0.6 is 0 Å². The first-order valence-electron chi connectivity index (χ1n) is 6.38. The zero-order valence-corrected chi connectivity index (χ0v) is 10.9. The Kier molecular flexibility index (Phi) is 3.05. The number of rotatable bonds is 3. The maximum atomic E-state index is 5.67. The van der Waals surface area contributed by atoms with Gasteiger partial charge in [-0.15, -0.1) is 0 Å². The van der Waals surface area contributed by atoms with Crippen LogP contribution in [-0.4, -0.2) is 4.98 Å². The van der Waals surface area contributed by atoms with Crippen LogP contribution in [0.1, 0.15) is 22.6 Å². The van der Waals surface area contributed by atoms with E-state index in [0.717, 1.165) is 23.1 Å². The molecule has 0 unspecified atom stereocenters. The van der Waals surface area contributed by atoms with E-state index in [0.29, 0.717) is 12.4 Å². The minimum absolute atomic E-state index is 0.579. The number of hydrogen-bond donors (Lipinski definition) is 1. The van der Waals surface area contributed by atoms with Gasteiger partial charge in [0.05, 0.1) is 0 Å². The van der Waals surface area contributed by atoms with Crippen molar-refractivity contribution in [2.24, 2.45) is 5.73 Å². The molecule has 3 nitrogen and oxygen atoms in total. The second-order valence-electron chi connectivity index (χ2n) is 4.74. The number of hydrogen-bond acceptors (Lipinski definition) is 3. The minimum Gasteiger partial charge on any atom is -0.441 e. The van der Waals surface area contributed by atoms with Crippen molar-refractivity contribution in [3.05, 3.63) is 65.0 Å². The molecular weight excluding hydrogens is 236 g/mol. The summed E-state index contributed by atoms with van der Waals surface area (Å²) in [7, 11) is 0. The van der Waals surface area contributed by atoms with E-state index in [-0.39, 0.29) is 0 Å². The van der Waals surface area contributed by atoms with Gasteiger partial charge in [-0.05, 0) is 35.2 Å². The largest absolute Gasteiger partial charge is 0.441 e. The third-order valence-electron chi connectivity index (χ3n) is 3.19. The van der Waals surface area contributed by atoms with Gasteiger partial charge in [-0.1, -0.05) is 30.3 Å². The van der Waals surface area contributed by atoms with E-state index in [9.17, 15) is 0 Å². The molecule has 2 aromatic carbocycles. The summed E-state index contributed by atoms with van der Waals surface area (Å²) in [5.41, 5.74) is 11.1. The molecule has 3 aromatic rings. The Morgan fingerprint density at radius 3 is 2.68 bits per heavy atom. The third kappa shape index (κ3) is 2.51. The summed E-state index contributed by atoms with van der Waals surface area (Å²) in [4.78, 5) is 4.36. The zero-order chi connectivity index (χ0) is 13.2. The van der Waals surface area contributed by atoms with Crippen molar-refractivity contribution < 1.29 is 4.42 Å². The Bertz CT molecular complexity index is 716. The Morgan fingerprint density at radius 1 is 1.05 bits per heavy atom. The van der Waals surface area contributed by atoms with Crippen LogP contribution in [0.15, 0.2) is 46.9 Å². The van der Waals surface area contributed by atoms with E-state index < -0.39 is 0 Å². The van der Waals surface area contributed by atoms with Gasteiger partial charge in [0.2, 0.25) is 0 Å². The average Bonchev–Trinajstić information content (AvgIpc) is 2.78. The van der Waals surface area contributed by atoms with E-state index in [2.05, 4.69) is 35.3 Å². The highest BCUT2D eigenvalue weighted by Crippen LogP contribution is 2.19. The lowest BCUT2D eigenvalue weighted by molar-refractivity contribution is 0.561. The molecule has 0 fully saturated rings. The molecule has 0 spiro atoms. The summed E-state index contributed by atoms with van der Waals surface area (Å²) in [6.45, 7) is 2.44. The molecule has 2 N–H and O–H groups in total. The van der Waals surface area contributed by atoms with Crippen molar-refractivity contribution in [3.8, 4) is 0 Å². The first kappa shape index (κ1) is 11.9. The summed E-state index contributed by atoms with van der Waals surface area (Å²) in [6, 6.07) is 14.5. The fourth-order valence-electron chi connectivity index (χ4n) is 2.30. The molecule has 0 aliphatic heterocycles. The van der Waals surface area contributed by atoms with E-state index in [1.54, 1.807) is 0 Å². The van der Waals surface area contributed by atoms with Gasteiger partial charge in [-0.25, -0.2) is 4.98 Å². The predicted octanol–water partition coefficient (Wildman–Crippen LogP) is 3.19. The van der Waals surface area contributed by atoms with Crippen LogP contribution in [0.4, 0.5) is 0 Å². The van der Waals surface area contributed by atoms with Crippen molar-refractivity contribution in [3.63, 3.8) is 0 Å². The number of nitrogens with two attached hydrogens (primary N) is 1. The standard InChI is InChI=1S/C16H16N2O/c1-11-18-15-9-13(5-6-16(15)19-11)7-12-3-2-4-14(8-12)10-17/h2-6,8-9H,7,10,17H2,1H3. The monoisotopic (exact) mass is 252 g/mol. The van der Waals surface area contributed by atoms with Gasteiger partial charge >= 0.3 is 0 Å². The molecule has 0 amide bonds. The van der Waals surface area contributed by atoms with Crippen molar-refractivity contribution in [1.29, 1.82) is 0 Å². The summed E-state index contributed by atoms with van der Waals surface area (Å²) in [6.07, 6.45) is 0.885. The summed E-state index contributed by atoms with van der Waals surface area (Å²) < 4.78 is 5.48. The van der Waals surface area contributed by atoms with Crippen LogP contribution in [0.3, 0.4) is 0 Å². The lowest BCUT2D eigenvalue weighted by atomic mass is 10.0. The number of oxazole rings is 1. The van der Waals surface area contributed by atoms with E-state index in [4.69, 9.17) is 10.2 Å². The molecular formula is C16H16N2O. The molecule has 96 valence electrons. The van der Waals surface area contributed by atoms with E-state index in [1.165, 1.54) is 11.1 Å². The highest BCUT2D eigenvalue weighted by atomic mass is 16.3. The number of benzene rings is 2. The van der Waals surface area contributed by atoms with Crippen molar-refractivity contribution in [2.75, 3.05) is 0 Å². The lowest BCUT2D eigenvalue weighted by Crippen LogP contribution is -1.97. The fraction of sp³-hybridized carbons (Fsp3) is 0.188. The van der Waals surface area contributed by atoms with Crippen LogP contribution in [0.5, 0.6) is 0 Å². The quantitative estimate of drug-likeness (QED) is 0.778. The minimum atomic E-state index is 0.579. The van der Waals surface area contributed by atoms with Gasteiger partial charge < -0.3 is 10.2 Å². The molecule has 0 atom stereocenters. The Labute approximate surface area is 112 Å². The summed E-state index contributed by atoms with van der Waals surface area (Å²) in [5, 5.41) is 0. The van der Waals surface area contributed by atoms with E-state index in [1.807, 2.05) is 19.1 Å². The molecule has 0 saturated carbocycles. The molecule has 0 bridgehead atoms. The van der Waals surface area contributed by atoms with Crippen LogP contribution in [0, 0.1) is 6.92 Å². The van der Waals surface area contributed by atoms with Gasteiger partial charge in [-0.3, -0.25) is 0 Å².